The average Bonchev–Trinajstić information content (AvgIpc) is 2.52. The van der Waals surface area contributed by atoms with E-state index in [1.54, 1.807) is 12.4 Å². The minimum atomic E-state index is 0.0434. The van der Waals surface area contributed by atoms with Crippen molar-refractivity contribution in [2.75, 3.05) is 45.2 Å². The van der Waals surface area contributed by atoms with Crippen molar-refractivity contribution >= 4 is 11.9 Å². The third-order valence-electron chi connectivity index (χ3n) is 3.71. The van der Waals surface area contributed by atoms with Crippen molar-refractivity contribution in [3.05, 3.63) is 18.5 Å². The second-order valence-corrected chi connectivity index (χ2v) is 5.78. The van der Waals surface area contributed by atoms with Crippen LogP contribution in [-0.4, -0.2) is 61.0 Å². The number of hydrogen-bond donors (Lipinski definition) is 1. The van der Waals surface area contributed by atoms with Gasteiger partial charge in [-0.25, -0.2) is 9.97 Å². The molecule has 0 radical (unpaired) electrons. The van der Waals surface area contributed by atoms with Crippen LogP contribution in [-0.2, 0) is 4.79 Å². The molecule has 21 heavy (non-hydrogen) atoms. The van der Waals surface area contributed by atoms with E-state index < -0.39 is 0 Å². The molecule has 0 aliphatic carbocycles. The van der Waals surface area contributed by atoms with Crippen LogP contribution in [0.2, 0.25) is 0 Å². The van der Waals surface area contributed by atoms with Gasteiger partial charge in [0.25, 0.3) is 0 Å². The van der Waals surface area contributed by atoms with Crippen LogP contribution in [0.15, 0.2) is 18.5 Å². The summed E-state index contributed by atoms with van der Waals surface area (Å²) < 4.78 is 0. The van der Waals surface area contributed by atoms with Crippen LogP contribution in [0, 0.1) is 5.92 Å². The van der Waals surface area contributed by atoms with Gasteiger partial charge in [-0.3, -0.25) is 4.79 Å². The van der Waals surface area contributed by atoms with E-state index in [9.17, 15) is 4.79 Å². The lowest BCUT2D eigenvalue weighted by Crippen LogP contribution is -2.44. The first kappa shape index (κ1) is 15.7. The first-order valence-corrected chi connectivity index (χ1v) is 7.61. The van der Waals surface area contributed by atoms with Crippen LogP contribution >= 0.6 is 0 Å². The number of anilines is 1. The van der Waals surface area contributed by atoms with Crippen molar-refractivity contribution in [3.63, 3.8) is 0 Å². The third-order valence-corrected chi connectivity index (χ3v) is 3.71. The Bertz CT molecular complexity index is 437. The topological polar surface area (TPSA) is 61.4 Å². The Morgan fingerprint density at radius 3 is 2.90 bits per heavy atom. The summed E-state index contributed by atoms with van der Waals surface area (Å²) in [6.07, 6.45) is 6.42. The number of nitrogens with one attached hydrogen (secondary N) is 1. The van der Waals surface area contributed by atoms with Crippen LogP contribution in [0.5, 0.6) is 0 Å². The maximum atomic E-state index is 12.2. The molecule has 116 valence electrons. The van der Waals surface area contributed by atoms with Crippen molar-refractivity contribution in [3.8, 4) is 0 Å². The normalized spacial score (nSPS) is 18.8. The van der Waals surface area contributed by atoms with E-state index in [0.29, 0.717) is 6.54 Å². The Labute approximate surface area is 126 Å². The van der Waals surface area contributed by atoms with Gasteiger partial charge < -0.3 is 15.1 Å². The number of aromatic nitrogens is 2. The van der Waals surface area contributed by atoms with Crippen molar-refractivity contribution in [2.45, 2.75) is 19.3 Å². The molecule has 1 N–H and O–H groups in total. The molecule has 1 atom stereocenters. The maximum Gasteiger partial charge on any atom is 0.225 e. The second-order valence-electron chi connectivity index (χ2n) is 5.78. The number of hydrogen-bond acceptors (Lipinski definition) is 5. The Morgan fingerprint density at radius 1 is 1.43 bits per heavy atom. The highest BCUT2D eigenvalue weighted by Gasteiger charge is 2.26. The molecular formula is C15H25N5O. The molecule has 1 aromatic heterocycles. The Morgan fingerprint density at radius 2 is 2.19 bits per heavy atom. The fourth-order valence-electron chi connectivity index (χ4n) is 2.58. The number of carbonyl (C=O) groups excluding carboxylic acids is 1. The number of piperidine rings is 1. The molecule has 1 saturated heterocycles. The van der Waals surface area contributed by atoms with Gasteiger partial charge in [0.2, 0.25) is 11.9 Å². The molecule has 1 aliphatic rings. The van der Waals surface area contributed by atoms with E-state index in [4.69, 9.17) is 0 Å². The largest absolute Gasteiger partial charge is 0.356 e. The molecule has 1 fully saturated rings. The average molecular weight is 291 g/mol. The zero-order valence-corrected chi connectivity index (χ0v) is 13.0. The quantitative estimate of drug-likeness (QED) is 0.784. The Balaban J connectivity index is 1.79. The summed E-state index contributed by atoms with van der Waals surface area (Å²) >= 11 is 0. The highest BCUT2D eigenvalue weighted by atomic mass is 16.1. The van der Waals surface area contributed by atoms with E-state index in [1.165, 1.54) is 0 Å². The number of rotatable bonds is 6. The summed E-state index contributed by atoms with van der Waals surface area (Å²) in [4.78, 5) is 25.0. The molecule has 1 aliphatic heterocycles. The fourth-order valence-corrected chi connectivity index (χ4v) is 2.58. The van der Waals surface area contributed by atoms with E-state index in [-0.39, 0.29) is 11.8 Å². The van der Waals surface area contributed by atoms with Gasteiger partial charge in [0.15, 0.2) is 0 Å². The predicted molar refractivity (Wildman–Crippen MR) is 83.1 cm³/mol. The minimum Gasteiger partial charge on any atom is -0.356 e. The van der Waals surface area contributed by atoms with Gasteiger partial charge >= 0.3 is 0 Å². The van der Waals surface area contributed by atoms with Crippen molar-refractivity contribution in [2.24, 2.45) is 5.92 Å². The van der Waals surface area contributed by atoms with Gasteiger partial charge in [-0.15, -0.1) is 0 Å². The zero-order chi connectivity index (χ0) is 15.1. The smallest absolute Gasteiger partial charge is 0.225 e. The number of amides is 1. The summed E-state index contributed by atoms with van der Waals surface area (Å²) in [5.41, 5.74) is 0. The van der Waals surface area contributed by atoms with Crippen LogP contribution < -0.4 is 10.2 Å². The first-order chi connectivity index (χ1) is 10.2. The molecular weight excluding hydrogens is 266 g/mol. The minimum absolute atomic E-state index is 0.0434. The summed E-state index contributed by atoms with van der Waals surface area (Å²) in [6, 6.07) is 1.81. The van der Waals surface area contributed by atoms with Crippen LogP contribution in [0.1, 0.15) is 19.3 Å². The second kappa shape index (κ2) is 7.93. The number of carbonyl (C=O) groups is 1. The third kappa shape index (κ3) is 4.97. The molecule has 2 heterocycles. The lowest BCUT2D eigenvalue weighted by Gasteiger charge is -2.31. The van der Waals surface area contributed by atoms with Crippen molar-refractivity contribution < 1.29 is 4.79 Å². The van der Waals surface area contributed by atoms with Crippen molar-refractivity contribution in [1.29, 1.82) is 0 Å². The summed E-state index contributed by atoms with van der Waals surface area (Å²) in [5.74, 6) is 0.930. The molecule has 0 aromatic carbocycles. The molecule has 2 rings (SSSR count). The van der Waals surface area contributed by atoms with Gasteiger partial charge in [0.1, 0.15) is 0 Å². The molecule has 1 amide bonds. The molecule has 1 aromatic rings. The summed E-state index contributed by atoms with van der Waals surface area (Å²) in [7, 11) is 4.08. The summed E-state index contributed by atoms with van der Waals surface area (Å²) in [6.45, 7) is 3.38. The molecule has 0 bridgehead atoms. The SMILES string of the molecule is CN(C)CCCNC(=O)[C@H]1CCCN(c2ncccn2)C1. The monoisotopic (exact) mass is 291 g/mol. The zero-order valence-electron chi connectivity index (χ0n) is 13.0. The lowest BCUT2D eigenvalue weighted by atomic mass is 9.97. The fraction of sp³-hybridized carbons (Fsp3) is 0.667. The van der Waals surface area contributed by atoms with E-state index in [0.717, 1.165) is 44.8 Å². The van der Waals surface area contributed by atoms with Gasteiger partial charge in [-0.2, -0.15) is 0 Å². The Hall–Kier alpha value is -1.69. The highest BCUT2D eigenvalue weighted by molar-refractivity contribution is 5.79. The van der Waals surface area contributed by atoms with Gasteiger partial charge in [0, 0.05) is 32.0 Å². The lowest BCUT2D eigenvalue weighted by molar-refractivity contribution is -0.125. The van der Waals surface area contributed by atoms with E-state index >= 15 is 0 Å². The summed E-state index contributed by atoms with van der Waals surface area (Å²) in [5, 5.41) is 3.05. The maximum absolute atomic E-state index is 12.2. The Kier molecular flexibility index (Phi) is 5.92. The van der Waals surface area contributed by atoms with Gasteiger partial charge in [-0.1, -0.05) is 0 Å². The molecule has 6 heteroatoms. The number of nitrogens with zero attached hydrogens (tertiary/aromatic N) is 4. The standard InChI is InChI=1S/C15H25N5O/c1-19(2)10-5-9-16-14(21)13-6-3-11-20(12-13)15-17-7-4-8-18-15/h4,7-8,13H,3,5-6,9-12H2,1-2H3,(H,16,21)/t13-/m0/s1. The first-order valence-electron chi connectivity index (χ1n) is 7.61. The molecule has 0 spiro atoms. The van der Waals surface area contributed by atoms with Crippen LogP contribution in [0.25, 0.3) is 0 Å². The van der Waals surface area contributed by atoms with Gasteiger partial charge in [0.05, 0.1) is 5.92 Å². The van der Waals surface area contributed by atoms with Crippen LogP contribution in [0.3, 0.4) is 0 Å². The van der Waals surface area contributed by atoms with Gasteiger partial charge in [-0.05, 0) is 46.0 Å². The molecule has 0 unspecified atom stereocenters. The van der Waals surface area contributed by atoms with E-state index in [2.05, 4.69) is 25.1 Å². The predicted octanol–water partition coefficient (Wildman–Crippen LogP) is 0.761. The van der Waals surface area contributed by atoms with Crippen LogP contribution in [0.4, 0.5) is 5.95 Å². The van der Waals surface area contributed by atoms with E-state index in [1.807, 2.05) is 20.2 Å². The molecule has 0 saturated carbocycles. The highest BCUT2D eigenvalue weighted by Crippen LogP contribution is 2.19. The van der Waals surface area contributed by atoms with Crippen molar-refractivity contribution in [1.82, 2.24) is 20.2 Å². The molecule has 6 nitrogen and oxygen atoms in total.